The molecule has 0 bridgehead atoms. The van der Waals surface area contributed by atoms with Gasteiger partial charge >= 0.3 is 0 Å². The van der Waals surface area contributed by atoms with Gasteiger partial charge in [0.25, 0.3) is 6.49 Å². The first kappa shape index (κ1) is 24.5. The van der Waals surface area contributed by atoms with Crippen molar-refractivity contribution in [2.45, 2.75) is 76.5 Å². The molecule has 0 saturated carbocycles. The maximum atomic E-state index is 6.52. The normalized spacial score (nSPS) is 13.2. The fourth-order valence-electron chi connectivity index (χ4n) is 3.23. The van der Waals surface area contributed by atoms with E-state index in [4.69, 9.17) is 20.9 Å². The number of para-hydroxylation sites is 1. The van der Waals surface area contributed by atoms with E-state index < -0.39 is 6.49 Å². The van der Waals surface area contributed by atoms with Crippen LogP contribution in [-0.2, 0) is 22.8 Å². The second kappa shape index (κ2) is 13.5. The molecule has 0 radical (unpaired) electrons. The fourth-order valence-corrected chi connectivity index (χ4v) is 6.65. The van der Waals surface area contributed by atoms with E-state index in [0.717, 1.165) is 41.6 Å². The molecule has 0 aromatic heterocycles. The standard InChI is InChI=1S/C24H35O2PS2/c1-3-5-7-9-15-21-16-10-11-17-22(21)26-27(29,25-20-14-8-6-4-2)23-18-12-13-19-24(23)28/h10-13,16-19,28H,3-9,14-15,20H2,1-2H3. The lowest BCUT2D eigenvalue weighted by Gasteiger charge is -2.26. The van der Waals surface area contributed by atoms with Crippen molar-refractivity contribution in [2.24, 2.45) is 0 Å². The summed E-state index contributed by atoms with van der Waals surface area (Å²) in [4.78, 5) is 0.838. The van der Waals surface area contributed by atoms with Gasteiger partial charge < -0.3 is 9.05 Å². The molecule has 0 heterocycles. The minimum atomic E-state index is -2.69. The second-order valence-electron chi connectivity index (χ2n) is 7.39. The topological polar surface area (TPSA) is 18.5 Å². The first-order valence-electron chi connectivity index (χ1n) is 10.9. The molecule has 0 aliphatic rings. The molecular formula is C24H35O2PS2. The van der Waals surface area contributed by atoms with Gasteiger partial charge in [-0.25, -0.2) is 0 Å². The van der Waals surface area contributed by atoms with Crippen LogP contribution in [0.5, 0.6) is 5.75 Å². The summed E-state index contributed by atoms with van der Waals surface area (Å²) in [6.07, 6.45) is 10.5. The van der Waals surface area contributed by atoms with Crippen LogP contribution >= 0.6 is 19.1 Å². The van der Waals surface area contributed by atoms with Crippen molar-refractivity contribution >= 4 is 36.2 Å². The van der Waals surface area contributed by atoms with Gasteiger partial charge in [-0.3, -0.25) is 0 Å². The third kappa shape index (κ3) is 8.09. The van der Waals surface area contributed by atoms with Gasteiger partial charge in [0.15, 0.2) is 0 Å². The summed E-state index contributed by atoms with van der Waals surface area (Å²) >= 11 is 10.7. The van der Waals surface area contributed by atoms with Crippen LogP contribution in [-0.4, -0.2) is 6.61 Å². The smallest absolute Gasteiger partial charge is 0.270 e. The zero-order valence-electron chi connectivity index (χ0n) is 17.8. The Morgan fingerprint density at radius 3 is 2.21 bits per heavy atom. The summed E-state index contributed by atoms with van der Waals surface area (Å²) in [5, 5.41) is 0.898. The zero-order chi connectivity index (χ0) is 21.0. The van der Waals surface area contributed by atoms with Crippen molar-refractivity contribution in [1.29, 1.82) is 0 Å². The molecule has 0 N–H and O–H groups in total. The highest BCUT2D eigenvalue weighted by molar-refractivity contribution is 8.13. The minimum Gasteiger partial charge on any atom is -0.440 e. The van der Waals surface area contributed by atoms with Gasteiger partial charge in [-0.2, -0.15) is 0 Å². The Hall–Kier alpha value is -0.800. The number of unbranched alkanes of at least 4 members (excludes halogenated alkanes) is 6. The fraction of sp³-hybridized carbons (Fsp3) is 0.500. The molecule has 0 amide bonds. The molecule has 5 heteroatoms. The lowest BCUT2D eigenvalue weighted by Crippen LogP contribution is -2.15. The van der Waals surface area contributed by atoms with Crippen LogP contribution in [0, 0.1) is 0 Å². The van der Waals surface area contributed by atoms with E-state index in [2.05, 4.69) is 38.6 Å². The van der Waals surface area contributed by atoms with E-state index in [1.54, 1.807) is 0 Å². The highest BCUT2D eigenvalue weighted by Gasteiger charge is 2.27. The van der Waals surface area contributed by atoms with E-state index in [9.17, 15) is 0 Å². The van der Waals surface area contributed by atoms with Crippen molar-refractivity contribution in [3.8, 4) is 5.75 Å². The van der Waals surface area contributed by atoms with Crippen molar-refractivity contribution in [3.63, 3.8) is 0 Å². The number of benzene rings is 2. The molecule has 0 aliphatic heterocycles. The maximum absolute atomic E-state index is 6.52. The molecule has 0 fully saturated rings. The SMILES string of the molecule is CCCCCCOP(=S)(Oc1ccccc1CCCCCC)c1ccccc1S. The van der Waals surface area contributed by atoms with Crippen LogP contribution in [0.15, 0.2) is 53.4 Å². The van der Waals surface area contributed by atoms with Crippen LogP contribution in [0.4, 0.5) is 0 Å². The summed E-state index contributed by atoms with van der Waals surface area (Å²) in [6.45, 7) is 2.38. The number of rotatable bonds is 14. The van der Waals surface area contributed by atoms with E-state index in [-0.39, 0.29) is 0 Å². The lowest BCUT2D eigenvalue weighted by molar-refractivity contribution is 0.306. The largest absolute Gasteiger partial charge is 0.440 e. The van der Waals surface area contributed by atoms with Crippen molar-refractivity contribution in [1.82, 2.24) is 0 Å². The predicted octanol–water partition coefficient (Wildman–Crippen LogP) is 7.71. The van der Waals surface area contributed by atoms with Gasteiger partial charge in [-0.05, 0) is 54.8 Å². The van der Waals surface area contributed by atoms with Crippen LogP contribution < -0.4 is 9.83 Å². The molecular weight excluding hydrogens is 415 g/mol. The molecule has 0 spiro atoms. The van der Waals surface area contributed by atoms with Gasteiger partial charge in [-0.1, -0.05) is 82.7 Å². The molecule has 2 aromatic carbocycles. The lowest BCUT2D eigenvalue weighted by atomic mass is 10.1. The summed E-state index contributed by atoms with van der Waals surface area (Å²) in [7, 11) is 0. The van der Waals surface area contributed by atoms with Crippen molar-refractivity contribution in [3.05, 3.63) is 54.1 Å². The third-order valence-corrected chi connectivity index (χ3v) is 8.56. The van der Waals surface area contributed by atoms with Gasteiger partial charge in [-0.15, -0.1) is 12.6 Å². The molecule has 2 aromatic rings. The van der Waals surface area contributed by atoms with Crippen LogP contribution in [0.25, 0.3) is 0 Å². The molecule has 1 unspecified atom stereocenters. The summed E-state index contributed by atoms with van der Waals surface area (Å²) in [5.74, 6) is 0.859. The van der Waals surface area contributed by atoms with Gasteiger partial charge in [0, 0.05) is 4.90 Å². The van der Waals surface area contributed by atoms with E-state index in [0.29, 0.717) is 6.61 Å². The van der Waals surface area contributed by atoms with E-state index >= 15 is 0 Å². The first-order chi connectivity index (χ1) is 14.1. The van der Waals surface area contributed by atoms with Crippen molar-refractivity contribution in [2.75, 3.05) is 6.61 Å². The molecule has 29 heavy (non-hydrogen) atoms. The Morgan fingerprint density at radius 2 is 1.48 bits per heavy atom. The van der Waals surface area contributed by atoms with Gasteiger partial charge in [0.2, 0.25) is 0 Å². The minimum absolute atomic E-state index is 0.623. The number of hydrogen-bond donors (Lipinski definition) is 1. The quantitative estimate of drug-likeness (QED) is 0.181. The molecule has 1 atom stereocenters. The molecule has 2 rings (SSSR count). The summed E-state index contributed by atoms with van der Waals surface area (Å²) < 4.78 is 12.8. The third-order valence-electron chi connectivity index (χ3n) is 4.93. The Kier molecular flexibility index (Phi) is 11.4. The van der Waals surface area contributed by atoms with E-state index in [1.165, 1.54) is 37.7 Å². The highest BCUT2D eigenvalue weighted by Crippen LogP contribution is 2.50. The molecule has 160 valence electrons. The Bertz CT molecular complexity index is 779. The number of aryl methyl sites for hydroxylation is 1. The second-order valence-corrected chi connectivity index (χ2v) is 11.2. The average molecular weight is 451 g/mol. The molecule has 2 nitrogen and oxygen atoms in total. The highest BCUT2D eigenvalue weighted by atomic mass is 32.5. The predicted molar refractivity (Wildman–Crippen MR) is 133 cm³/mol. The molecule has 0 aliphatic carbocycles. The first-order valence-corrected chi connectivity index (χ1v) is 14.0. The monoisotopic (exact) mass is 450 g/mol. The molecule has 0 saturated heterocycles. The Labute approximate surface area is 188 Å². The van der Waals surface area contributed by atoms with Crippen LogP contribution in [0.3, 0.4) is 0 Å². The number of thiol groups is 1. The Morgan fingerprint density at radius 1 is 0.828 bits per heavy atom. The van der Waals surface area contributed by atoms with Crippen molar-refractivity contribution < 1.29 is 9.05 Å². The van der Waals surface area contributed by atoms with E-state index in [1.807, 2.05) is 36.4 Å². The summed E-state index contributed by atoms with van der Waals surface area (Å²) in [5.41, 5.74) is 1.21. The van der Waals surface area contributed by atoms with Crippen LogP contribution in [0.1, 0.15) is 70.8 Å². The maximum Gasteiger partial charge on any atom is 0.270 e. The Balaban J connectivity index is 2.19. The summed E-state index contributed by atoms with van der Waals surface area (Å²) in [6, 6.07) is 16.2. The van der Waals surface area contributed by atoms with Gasteiger partial charge in [0.05, 0.1) is 11.9 Å². The van der Waals surface area contributed by atoms with Crippen LogP contribution in [0.2, 0.25) is 0 Å². The number of hydrogen-bond acceptors (Lipinski definition) is 4. The zero-order valence-corrected chi connectivity index (χ0v) is 20.4. The average Bonchev–Trinajstić information content (AvgIpc) is 2.72. The van der Waals surface area contributed by atoms with Gasteiger partial charge in [0.1, 0.15) is 5.75 Å².